The Morgan fingerprint density at radius 2 is 1.69 bits per heavy atom. The Labute approximate surface area is 244 Å². The SMILES string of the molecule is CC(C)c1c(C(=O)NC2=C(O)CCC=C2)c(-c2ccccc2)c(-c2ccc(F)cc2)n1CC[C@@H](O)C[C@@H](O)CC(=O)O. The molecule has 222 valence electrons. The highest BCUT2D eigenvalue weighted by Crippen LogP contribution is 2.42. The molecule has 2 aromatic carbocycles. The number of carbonyl (C=O) groups excluding carboxylic acids is 1. The second kappa shape index (κ2) is 13.6. The first-order chi connectivity index (χ1) is 20.1. The number of nitrogens with one attached hydrogen (secondary N) is 1. The number of carbonyl (C=O) groups is 2. The Kier molecular flexibility index (Phi) is 9.98. The van der Waals surface area contributed by atoms with Crippen molar-refractivity contribution in [2.75, 3.05) is 0 Å². The van der Waals surface area contributed by atoms with Crippen LogP contribution in [0.5, 0.6) is 0 Å². The van der Waals surface area contributed by atoms with Gasteiger partial charge in [-0.05, 0) is 66.6 Å². The summed E-state index contributed by atoms with van der Waals surface area (Å²) in [6.07, 6.45) is 2.03. The zero-order chi connectivity index (χ0) is 30.4. The molecule has 0 radical (unpaired) electrons. The quantitative estimate of drug-likeness (QED) is 0.182. The van der Waals surface area contributed by atoms with Crippen molar-refractivity contribution in [2.45, 2.75) is 70.6 Å². The molecule has 4 rings (SSSR count). The molecular weight excluding hydrogens is 539 g/mol. The summed E-state index contributed by atoms with van der Waals surface area (Å²) < 4.78 is 16.0. The fourth-order valence-corrected chi connectivity index (χ4v) is 5.44. The van der Waals surface area contributed by atoms with Crippen LogP contribution in [0.15, 0.2) is 78.2 Å². The van der Waals surface area contributed by atoms with Crippen molar-refractivity contribution in [3.63, 3.8) is 0 Å². The van der Waals surface area contributed by atoms with Crippen LogP contribution in [0.1, 0.15) is 67.9 Å². The fraction of sp³-hybridized carbons (Fsp3) is 0.333. The molecule has 5 N–H and O–H groups in total. The maximum atomic E-state index is 14.1. The number of hydrogen-bond donors (Lipinski definition) is 5. The average Bonchev–Trinajstić information content (AvgIpc) is 3.29. The molecule has 0 saturated heterocycles. The molecular formula is C33H37FN2O6. The lowest BCUT2D eigenvalue weighted by Gasteiger charge is -2.20. The fourth-order valence-electron chi connectivity index (χ4n) is 5.44. The zero-order valence-corrected chi connectivity index (χ0v) is 23.8. The topological polar surface area (TPSA) is 132 Å². The molecule has 3 aromatic rings. The van der Waals surface area contributed by atoms with Crippen LogP contribution in [-0.2, 0) is 11.3 Å². The van der Waals surface area contributed by atoms with Crippen LogP contribution < -0.4 is 5.32 Å². The van der Waals surface area contributed by atoms with E-state index < -0.39 is 36.3 Å². The Morgan fingerprint density at radius 3 is 2.31 bits per heavy atom. The predicted octanol–water partition coefficient (Wildman–Crippen LogP) is 5.91. The third-order valence-electron chi connectivity index (χ3n) is 7.29. The predicted molar refractivity (Wildman–Crippen MR) is 158 cm³/mol. The molecule has 1 aromatic heterocycles. The zero-order valence-electron chi connectivity index (χ0n) is 23.8. The summed E-state index contributed by atoms with van der Waals surface area (Å²) in [7, 11) is 0. The Bertz CT molecular complexity index is 1470. The van der Waals surface area contributed by atoms with Gasteiger partial charge in [0.15, 0.2) is 0 Å². The van der Waals surface area contributed by atoms with E-state index in [1.807, 2.05) is 54.8 Å². The highest BCUT2D eigenvalue weighted by atomic mass is 19.1. The lowest BCUT2D eigenvalue weighted by molar-refractivity contribution is -0.139. The normalized spacial score (nSPS) is 14.7. The summed E-state index contributed by atoms with van der Waals surface area (Å²) in [6, 6.07) is 15.4. The first-order valence-electron chi connectivity index (χ1n) is 14.1. The maximum absolute atomic E-state index is 14.1. The second-order valence-corrected chi connectivity index (χ2v) is 10.8. The van der Waals surface area contributed by atoms with Crippen LogP contribution in [0.2, 0.25) is 0 Å². The number of aromatic nitrogens is 1. The van der Waals surface area contributed by atoms with E-state index in [0.29, 0.717) is 46.6 Å². The second-order valence-electron chi connectivity index (χ2n) is 10.8. The summed E-state index contributed by atoms with van der Waals surface area (Å²) in [5, 5.41) is 43.1. The van der Waals surface area contributed by atoms with Crippen LogP contribution in [0.4, 0.5) is 4.39 Å². The van der Waals surface area contributed by atoms with Crippen molar-refractivity contribution in [1.29, 1.82) is 0 Å². The van der Waals surface area contributed by atoms with Gasteiger partial charge in [-0.25, -0.2) is 4.39 Å². The first kappa shape index (κ1) is 30.7. The van der Waals surface area contributed by atoms with E-state index in [4.69, 9.17) is 5.11 Å². The van der Waals surface area contributed by atoms with Gasteiger partial charge in [-0.2, -0.15) is 0 Å². The highest BCUT2D eigenvalue weighted by molar-refractivity contribution is 6.07. The van der Waals surface area contributed by atoms with Gasteiger partial charge in [0.05, 0.1) is 35.6 Å². The lowest BCUT2D eigenvalue weighted by Crippen LogP contribution is -2.26. The lowest BCUT2D eigenvalue weighted by atomic mass is 9.94. The van der Waals surface area contributed by atoms with Crippen molar-refractivity contribution in [1.82, 2.24) is 9.88 Å². The molecule has 1 aliphatic rings. The van der Waals surface area contributed by atoms with Crippen LogP contribution in [0.3, 0.4) is 0 Å². The van der Waals surface area contributed by atoms with E-state index in [-0.39, 0.29) is 31.1 Å². The van der Waals surface area contributed by atoms with Crippen molar-refractivity contribution in [3.8, 4) is 22.4 Å². The van der Waals surface area contributed by atoms with Gasteiger partial charge in [0.1, 0.15) is 11.6 Å². The summed E-state index contributed by atoms with van der Waals surface area (Å²) in [5.41, 5.74) is 4.13. The average molecular weight is 577 g/mol. The van der Waals surface area contributed by atoms with Gasteiger partial charge in [-0.1, -0.05) is 50.3 Å². The van der Waals surface area contributed by atoms with Crippen molar-refractivity contribution in [2.24, 2.45) is 0 Å². The van der Waals surface area contributed by atoms with Gasteiger partial charge in [0.25, 0.3) is 5.91 Å². The standard InChI is InChI=1S/C33H37FN2O6/c1-20(2)31-30(33(42)35-26-10-6-7-11-27(26)39)29(21-8-4-3-5-9-21)32(22-12-14-23(34)15-13-22)36(31)17-16-24(37)18-25(38)19-28(40)41/h3-6,8-10,12-15,20,24-25,37-39H,7,11,16-19H2,1-2H3,(H,35,42)(H,40,41)/t24-,25-/m1/s1. The summed E-state index contributed by atoms with van der Waals surface area (Å²) in [5.74, 6) is -2.04. The van der Waals surface area contributed by atoms with Crippen LogP contribution in [-0.4, -0.2) is 49.1 Å². The Morgan fingerprint density at radius 1 is 1.00 bits per heavy atom. The number of aliphatic hydroxyl groups excluding tert-OH is 3. The van der Waals surface area contributed by atoms with E-state index in [2.05, 4.69) is 5.32 Å². The minimum absolute atomic E-state index is 0.0967. The smallest absolute Gasteiger partial charge is 0.305 e. The molecule has 1 amide bonds. The number of hydrogen-bond acceptors (Lipinski definition) is 5. The molecule has 1 heterocycles. The van der Waals surface area contributed by atoms with E-state index >= 15 is 0 Å². The molecule has 0 saturated carbocycles. The van der Waals surface area contributed by atoms with E-state index in [9.17, 15) is 29.3 Å². The van der Waals surface area contributed by atoms with E-state index in [0.717, 1.165) is 5.56 Å². The minimum atomic E-state index is -1.20. The number of halogens is 1. The number of amides is 1. The molecule has 0 fully saturated rings. The molecule has 0 unspecified atom stereocenters. The molecule has 42 heavy (non-hydrogen) atoms. The largest absolute Gasteiger partial charge is 0.510 e. The van der Waals surface area contributed by atoms with E-state index in [1.54, 1.807) is 18.2 Å². The van der Waals surface area contributed by atoms with Crippen molar-refractivity contribution < 1.29 is 34.4 Å². The number of nitrogens with zero attached hydrogens (tertiary/aromatic N) is 1. The molecule has 1 aliphatic carbocycles. The number of benzene rings is 2. The van der Waals surface area contributed by atoms with Gasteiger partial charge in [-0.15, -0.1) is 0 Å². The summed E-state index contributed by atoms with van der Waals surface area (Å²) in [4.78, 5) is 25.1. The summed E-state index contributed by atoms with van der Waals surface area (Å²) in [6.45, 7) is 4.15. The van der Waals surface area contributed by atoms with Crippen molar-refractivity contribution >= 4 is 11.9 Å². The van der Waals surface area contributed by atoms with Crippen LogP contribution in [0, 0.1) is 5.82 Å². The molecule has 0 bridgehead atoms. The number of aliphatic carboxylic acids is 1. The third kappa shape index (κ3) is 7.16. The van der Waals surface area contributed by atoms with Gasteiger partial charge >= 0.3 is 5.97 Å². The third-order valence-corrected chi connectivity index (χ3v) is 7.29. The van der Waals surface area contributed by atoms with Gasteiger partial charge in [-0.3, -0.25) is 9.59 Å². The highest BCUT2D eigenvalue weighted by Gasteiger charge is 2.31. The van der Waals surface area contributed by atoms with Crippen molar-refractivity contribution in [3.05, 3.63) is 95.3 Å². The van der Waals surface area contributed by atoms with Crippen LogP contribution in [0.25, 0.3) is 22.4 Å². The Balaban J connectivity index is 1.89. The number of rotatable bonds is 12. The minimum Gasteiger partial charge on any atom is -0.510 e. The Hall–Kier alpha value is -4.21. The molecule has 9 heteroatoms. The molecule has 8 nitrogen and oxygen atoms in total. The number of allylic oxidation sites excluding steroid dienone is 3. The number of carboxylic acid groups (broad SMARTS) is 1. The number of aliphatic hydroxyl groups is 3. The van der Waals surface area contributed by atoms with Gasteiger partial charge < -0.3 is 30.3 Å². The molecule has 0 aliphatic heterocycles. The monoisotopic (exact) mass is 576 g/mol. The molecule has 0 spiro atoms. The number of carboxylic acids is 1. The van der Waals surface area contributed by atoms with E-state index in [1.165, 1.54) is 12.1 Å². The maximum Gasteiger partial charge on any atom is 0.305 e. The van der Waals surface area contributed by atoms with Gasteiger partial charge in [0.2, 0.25) is 0 Å². The van der Waals surface area contributed by atoms with Crippen LogP contribution >= 0.6 is 0 Å². The van der Waals surface area contributed by atoms with Gasteiger partial charge in [0, 0.05) is 24.2 Å². The molecule has 2 atom stereocenters. The first-order valence-corrected chi connectivity index (χ1v) is 14.1. The summed E-state index contributed by atoms with van der Waals surface area (Å²) >= 11 is 0.